The molecule has 52 heavy (non-hydrogen) atoms. The van der Waals surface area contributed by atoms with Gasteiger partial charge >= 0.3 is 11.9 Å². The first kappa shape index (κ1) is 38.7. The summed E-state index contributed by atoms with van der Waals surface area (Å²) in [4.78, 5) is 23.2. The van der Waals surface area contributed by atoms with Crippen molar-refractivity contribution in [2.45, 2.75) is 0 Å². The standard InChI is InChI=1S/2C19H17N3.2NO3/c2*1-4-10-16(11-5-1)20-19(21-17-12-6-2-7-13-17)22-18-14-8-3-9-15-18;2*2-1(3)4/h2*1-15H,(H2,20,21,22);;/q;;2*-1/p+2. The molecule has 6 aromatic carbocycles. The molecule has 6 rings (SSSR count). The Kier molecular flexibility index (Phi) is 16.9. The lowest BCUT2D eigenvalue weighted by molar-refractivity contribution is -0.403. The van der Waals surface area contributed by atoms with Crippen molar-refractivity contribution in [2.75, 3.05) is 21.3 Å². The summed E-state index contributed by atoms with van der Waals surface area (Å²) in [5.41, 5.74) is 6.11. The van der Waals surface area contributed by atoms with Crippen molar-refractivity contribution in [1.29, 1.82) is 0 Å². The second-order valence-electron chi connectivity index (χ2n) is 10.1. The molecule has 0 saturated carbocycles. The largest absolute Gasteiger partial charge is 0.358 e. The molecule has 0 heterocycles. The molecule has 0 bridgehead atoms. The monoisotopic (exact) mass is 700 g/mol. The molecule has 0 aliphatic heterocycles. The van der Waals surface area contributed by atoms with Gasteiger partial charge < -0.3 is 30.6 Å². The minimum Gasteiger partial charge on any atom is -0.356 e. The number of nitrogens with one attached hydrogen (secondary N) is 6. The topological polar surface area (TPSA) is 208 Å². The van der Waals surface area contributed by atoms with Crippen LogP contribution >= 0.6 is 0 Å². The molecule has 264 valence electrons. The Morgan fingerprint density at radius 1 is 0.346 bits per heavy atom. The van der Waals surface area contributed by atoms with Crippen molar-refractivity contribution in [1.82, 2.24) is 0 Å². The second-order valence-corrected chi connectivity index (χ2v) is 10.1. The molecule has 0 amide bonds. The smallest absolute Gasteiger partial charge is 0.356 e. The van der Waals surface area contributed by atoms with E-state index < -0.39 is 10.2 Å². The predicted octanol–water partition coefficient (Wildman–Crippen LogP) is 5.48. The number of hydrogen-bond acceptors (Lipinski definition) is 6. The van der Waals surface area contributed by atoms with Crippen molar-refractivity contribution in [3.8, 4) is 0 Å². The summed E-state index contributed by atoms with van der Waals surface area (Å²) < 4.78 is 0. The molecular weight excluding hydrogens is 664 g/mol. The molecule has 6 N–H and O–H groups in total. The van der Waals surface area contributed by atoms with Crippen LogP contribution in [0.25, 0.3) is 0 Å². The lowest BCUT2D eigenvalue weighted by Gasteiger charge is -2.06. The molecule has 0 aliphatic rings. The van der Waals surface area contributed by atoms with E-state index in [1.807, 2.05) is 182 Å². The third kappa shape index (κ3) is 17.4. The Hall–Kier alpha value is -7.74. The van der Waals surface area contributed by atoms with Crippen LogP contribution < -0.4 is 31.3 Å². The van der Waals surface area contributed by atoms with Crippen molar-refractivity contribution in [3.63, 3.8) is 0 Å². The van der Waals surface area contributed by atoms with Gasteiger partial charge in [-0.2, -0.15) is 0 Å². The Bertz CT molecular complexity index is 1700. The molecule has 14 nitrogen and oxygen atoms in total. The maximum atomic E-state index is 8.25. The molecule has 0 unspecified atom stereocenters. The maximum absolute atomic E-state index is 8.25. The average Bonchev–Trinajstić information content (AvgIpc) is 3.14. The fourth-order valence-corrected chi connectivity index (χ4v) is 4.18. The van der Waals surface area contributed by atoms with E-state index in [2.05, 4.69) is 31.3 Å². The molecule has 14 heteroatoms. The second kappa shape index (κ2) is 22.8. The number of nitrogens with zero attached hydrogens (tertiary/aromatic N) is 2. The number of hydrogen-bond donors (Lipinski definition) is 6. The van der Waals surface area contributed by atoms with Crippen LogP contribution in [-0.4, -0.2) is 22.1 Å². The maximum Gasteiger partial charge on any atom is 0.358 e. The van der Waals surface area contributed by atoms with E-state index in [1.165, 1.54) is 0 Å². The third-order valence-electron chi connectivity index (χ3n) is 6.26. The zero-order valence-corrected chi connectivity index (χ0v) is 27.7. The van der Waals surface area contributed by atoms with E-state index in [9.17, 15) is 0 Å². The number of guanidine groups is 2. The molecule has 0 aliphatic carbocycles. The summed E-state index contributed by atoms with van der Waals surface area (Å²) >= 11 is 0. The third-order valence-corrected chi connectivity index (χ3v) is 6.26. The summed E-state index contributed by atoms with van der Waals surface area (Å²) in [7, 11) is 0. The summed E-state index contributed by atoms with van der Waals surface area (Å²) in [6.45, 7) is 0. The van der Waals surface area contributed by atoms with Gasteiger partial charge in [-0.3, -0.25) is 0 Å². The van der Waals surface area contributed by atoms with Crippen molar-refractivity contribution >= 4 is 46.0 Å². The van der Waals surface area contributed by atoms with Gasteiger partial charge in [-0.15, -0.1) is 0 Å². The van der Waals surface area contributed by atoms with Crippen LogP contribution in [0.1, 0.15) is 0 Å². The van der Waals surface area contributed by atoms with Crippen molar-refractivity contribution < 1.29 is 20.2 Å². The highest BCUT2D eigenvalue weighted by Crippen LogP contribution is 2.09. The van der Waals surface area contributed by atoms with Crippen LogP contribution in [0.3, 0.4) is 0 Å². The van der Waals surface area contributed by atoms with Crippen LogP contribution in [0.5, 0.6) is 0 Å². The lowest BCUT2D eigenvalue weighted by atomic mass is 10.3. The fourth-order valence-electron chi connectivity index (χ4n) is 4.18. The summed E-state index contributed by atoms with van der Waals surface area (Å²) in [5, 5.41) is 43.0. The Balaban J connectivity index is 0.000000233. The highest BCUT2D eigenvalue weighted by atomic mass is 16.9. The SMILES string of the molecule is O=[N+]([O-])[O-].O=[N+]([O-])[O-].c1ccc(NC(Nc2ccccc2)=[NH+]c2ccccc2)cc1.c1ccc(NC(Nc2ccccc2)=[NH+]c2ccccc2)cc1. The van der Waals surface area contributed by atoms with Gasteiger partial charge in [0.2, 0.25) is 0 Å². The first-order valence-electron chi connectivity index (χ1n) is 15.6. The minimum atomic E-state index is -1.75. The molecule has 0 aromatic heterocycles. The number of benzene rings is 6. The number of para-hydroxylation sites is 6. The Morgan fingerprint density at radius 3 is 0.712 bits per heavy atom. The minimum absolute atomic E-state index is 0.809. The Morgan fingerprint density at radius 2 is 0.519 bits per heavy atom. The van der Waals surface area contributed by atoms with Gasteiger partial charge in [-0.1, -0.05) is 109 Å². The van der Waals surface area contributed by atoms with Gasteiger partial charge in [0.1, 0.15) is 0 Å². The number of rotatable bonds is 6. The van der Waals surface area contributed by atoms with Crippen LogP contribution in [0, 0.1) is 30.6 Å². The zero-order valence-electron chi connectivity index (χ0n) is 27.7. The summed E-state index contributed by atoms with van der Waals surface area (Å²) in [5.74, 6) is 1.62. The molecule has 0 fully saturated rings. The van der Waals surface area contributed by atoms with E-state index in [-0.39, 0.29) is 0 Å². The first-order valence-corrected chi connectivity index (χ1v) is 15.6. The van der Waals surface area contributed by atoms with E-state index in [1.54, 1.807) is 0 Å². The van der Waals surface area contributed by atoms with Crippen molar-refractivity contribution in [2.24, 2.45) is 0 Å². The molecule has 6 aromatic rings. The van der Waals surface area contributed by atoms with Gasteiger partial charge in [-0.05, 0) is 72.8 Å². The Labute approximate surface area is 299 Å². The summed E-state index contributed by atoms with van der Waals surface area (Å²) in [6.07, 6.45) is 0. The van der Waals surface area contributed by atoms with Crippen LogP contribution in [0.4, 0.5) is 34.1 Å². The highest BCUT2D eigenvalue weighted by molar-refractivity contribution is 6.00. The number of anilines is 4. The molecule has 0 atom stereocenters. The molecule has 0 spiro atoms. The average molecular weight is 701 g/mol. The summed E-state index contributed by atoms with van der Waals surface area (Å²) in [6, 6.07) is 60.4. The fraction of sp³-hybridized carbons (Fsp3) is 0. The van der Waals surface area contributed by atoms with Gasteiger partial charge in [0.15, 0.2) is 0 Å². The van der Waals surface area contributed by atoms with Crippen molar-refractivity contribution in [3.05, 3.63) is 213 Å². The van der Waals surface area contributed by atoms with Crippen LogP contribution in [0.2, 0.25) is 0 Å². The van der Waals surface area contributed by atoms with Gasteiger partial charge in [0.25, 0.3) is 0 Å². The van der Waals surface area contributed by atoms with E-state index in [0.29, 0.717) is 0 Å². The van der Waals surface area contributed by atoms with E-state index in [0.717, 1.165) is 46.0 Å². The first-order chi connectivity index (χ1) is 25.3. The van der Waals surface area contributed by atoms with Crippen LogP contribution in [-0.2, 0) is 0 Å². The molecular formula is C38H36N8O6. The molecule has 0 saturated heterocycles. The molecule has 0 radical (unpaired) electrons. The highest BCUT2D eigenvalue weighted by Gasteiger charge is 2.10. The predicted molar refractivity (Wildman–Crippen MR) is 205 cm³/mol. The van der Waals surface area contributed by atoms with Gasteiger partial charge in [0, 0.05) is 0 Å². The van der Waals surface area contributed by atoms with E-state index in [4.69, 9.17) is 30.6 Å². The van der Waals surface area contributed by atoms with E-state index >= 15 is 0 Å². The van der Waals surface area contributed by atoms with Crippen LogP contribution in [0.15, 0.2) is 182 Å². The van der Waals surface area contributed by atoms with Gasteiger partial charge in [-0.25, -0.2) is 31.3 Å². The lowest BCUT2D eigenvalue weighted by Crippen LogP contribution is -2.70. The quantitative estimate of drug-likeness (QED) is 0.0558. The van der Waals surface area contributed by atoms with Gasteiger partial charge in [0.05, 0.1) is 44.3 Å². The zero-order chi connectivity index (χ0) is 37.2. The normalized spacial score (nSPS) is 9.23.